The van der Waals surface area contributed by atoms with E-state index in [1.54, 1.807) is 5.32 Å². The Kier molecular flexibility index (Phi) is 7.89. The molecule has 0 saturated carbocycles. The minimum absolute atomic E-state index is 0.0419. The third kappa shape index (κ3) is 9.11. The van der Waals surface area contributed by atoms with Crippen molar-refractivity contribution in [2.75, 3.05) is 40.5 Å². The van der Waals surface area contributed by atoms with Gasteiger partial charge in [-0.2, -0.15) is 13.2 Å². The predicted molar refractivity (Wildman–Crippen MR) is 59.5 cm³/mol. The molecule has 0 aromatic rings. The van der Waals surface area contributed by atoms with Gasteiger partial charge < -0.3 is 19.7 Å². The van der Waals surface area contributed by atoms with Crippen LogP contribution < -0.4 is 5.32 Å². The molecule has 0 aliphatic rings. The maximum atomic E-state index is 12.0. The van der Waals surface area contributed by atoms with Crippen LogP contribution in [0, 0.1) is 0 Å². The Morgan fingerprint density at radius 1 is 1.21 bits per heavy atom. The zero-order valence-corrected chi connectivity index (χ0v) is 10.7. The fraction of sp³-hybridized carbons (Fsp3) is 0.800. The topological polar surface area (TPSA) is 67.9 Å². The Balaban J connectivity index is 4.30. The molecule has 0 saturated heterocycles. The Hall–Kier alpha value is -1.51. The number of rotatable bonds is 7. The van der Waals surface area contributed by atoms with Crippen LogP contribution in [-0.2, 0) is 14.3 Å². The number of nitrogens with one attached hydrogen (secondary N) is 1. The first-order valence-corrected chi connectivity index (χ1v) is 5.45. The smallest absolute Gasteiger partial charge is 0.405 e. The summed E-state index contributed by atoms with van der Waals surface area (Å²) in [5, 5.41) is 1.73. The molecule has 2 amide bonds. The highest BCUT2D eigenvalue weighted by Gasteiger charge is 2.28. The van der Waals surface area contributed by atoms with E-state index >= 15 is 0 Å². The maximum Gasteiger partial charge on any atom is 0.405 e. The molecule has 0 atom stereocenters. The number of hydrogen-bond acceptors (Lipinski definition) is 4. The van der Waals surface area contributed by atoms with Gasteiger partial charge in [-0.05, 0) is 0 Å². The largest absolute Gasteiger partial charge is 0.469 e. The van der Waals surface area contributed by atoms with Crippen LogP contribution in [0.4, 0.5) is 18.0 Å². The highest BCUT2D eigenvalue weighted by molar-refractivity contribution is 5.75. The van der Waals surface area contributed by atoms with Gasteiger partial charge in [-0.25, -0.2) is 4.79 Å². The molecule has 0 fully saturated rings. The number of hydrogen-bond donors (Lipinski definition) is 1. The lowest BCUT2D eigenvalue weighted by molar-refractivity contribution is -0.141. The van der Waals surface area contributed by atoms with Gasteiger partial charge in [0.2, 0.25) is 0 Å². The molecule has 6 nitrogen and oxygen atoms in total. The van der Waals surface area contributed by atoms with Crippen LogP contribution in [0.5, 0.6) is 0 Å². The van der Waals surface area contributed by atoms with E-state index < -0.39 is 24.7 Å². The van der Waals surface area contributed by atoms with Gasteiger partial charge in [0, 0.05) is 20.2 Å². The Morgan fingerprint density at radius 3 is 2.32 bits per heavy atom. The first-order valence-electron chi connectivity index (χ1n) is 5.45. The zero-order valence-electron chi connectivity index (χ0n) is 10.7. The van der Waals surface area contributed by atoms with Gasteiger partial charge in [-0.1, -0.05) is 0 Å². The second-order valence-corrected chi connectivity index (χ2v) is 3.58. The number of alkyl halides is 3. The molecule has 0 aliphatic heterocycles. The van der Waals surface area contributed by atoms with Gasteiger partial charge in [0.25, 0.3) is 0 Å². The molecule has 112 valence electrons. The van der Waals surface area contributed by atoms with E-state index in [1.807, 2.05) is 0 Å². The molecular weight excluding hydrogens is 269 g/mol. The molecule has 0 rings (SSSR count). The Labute approximate surface area is 108 Å². The molecule has 0 aromatic carbocycles. The fourth-order valence-corrected chi connectivity index (χ4v) is 1.13. The summed E-state index contributed by atoms with van der Waals surface area (Å²) in [6, 6.07) is -0.904. The van der Waals surface area contributed by atoms with Crippen LogP contribution in [0.3, 0.4) is 0 Å². The standard InChI is InChI=1S/C10H17F3N2O4/c1-18-6-5-15(4-3-8(16)19-2)9(17)14-7-10(11,12)13/h3-7H2,1-2H3,(H,14,17). The second-order valence-electron chi connectivity index (χ2n) is 3.58. The van der Waals surface area contributed by atoms with Crippen molar-refractivity contribution in [2.45, 2.75) is 12.6 Å². The van der Waals surface area contributed by atoms with Crippen LogP contribution >= 0.6 is 0 Å². The molecule has 0 aromatic heterocycles. The minimum atomic E-state index is -4.48. The summed E-state index contributed by atoms with van der Waals surface area (Å²) in [4.78, 5) is 23.5. The van der Waals surface area contributed by atoms with Gasteiger partial charge in [0.1, 0.15) is 6.54 Å². The number of urea groups is 1. The number of esters is 1. The van der Waals surface area contributed by atoms with Crippen molar-refractivity contribution >= 4 is 12.0 Å². The quantitative estimate of drug-likeness (QED) is 0.702. The lowest BCUT2D eigenvalue weighted by Gasteiger charge is -2.22. The van der Waals surface area contributed by atoms with Gasteiger partial charge in [0.15, 0.2) is 0 Å². The van der Waals surface area contributed by atoms with Gasteiger partial charge >= 0.3 is 18.2 Å². The van der Waals surface area contributed by atoms with Crippen molar-refractivity contribution in [3.05, 3.63) is 0 Å². The molecule has 19 heavy (non-hydrogen) atoms. The number of amides is 2. The summed E-state index contributed by atoms with van der Waals surface area (Å²) in [6.45, 7) is -1.23. The average Bonchev–Trinajstić information content (AvgIpc) is 2.34. The van der Waals surface area contributed by atoms with E-state index in [-0.39, 0.29) is 26.1 Å². The number of carbonyl (C=O) groups is 2. The molecule has 0 heterocycles. The van der Waals surface area contributed by atoms with Crippen LogP contribution in [-0.4, -0.2) is 63.5 Å². The fourth-order valence-electron chi connectivity index (χ4n) is 1.13. The first-order chi connectivity index (χ1) is 8.80. The number of halogens is 3. The van der Waals surface area contributed by atoms with Crippen molar-refractivity contribution in [3.63, 3.8) is 0 Å². The molecule has 0 unspecified atom stereocenters. The van der Waals surface area contributed by atoms with E-state index in [1.165, 1.54) is 14.2 Å². The van der Waals surface area contributed by atoms with E-state index in [0.29, 0.717) is 0 Å². The summed E-state index contributed by atoms with van der Waals surface area (Å²) in [7, 11) is 2.58. The molecule has 1 N–H and O–H groups in total. The summed E-state index contributed by atoms with van der Waals surface area (Å²) in [5.41, 5.74) is 0. The average molecular weight is 286 g/mol. The zero-order chi connectivity index (χ0) is 14.9. The number of nitrogens with zero attached hydrogens (tertiary/aromatic N) is 1. The first kappa shape index (κ1) is 17.5. The molecular formula is C10H17F3N2O4. The molecule has 0 radical (unpaired) electrons. The normalized spacial score (nSPS) is 11.0. The molecule has 0 bridgehead atoms. The maximum absolute atomic E-state index is 12.0. The Morgan fingerprint density at radius 2 is 1.84 bits per heavy atom. The number of methoxy groups -OCH3 is 2. The third-order valence-corrected chi connectivity index (χ3v) is 2.11. The van der Waals surface area contributed by atoms with Crippen molar-refractivity contribution in [2.24, 2.45) is 0 Å². The van der Waals surface area contributed by atoms with Gasteiger partial charge in [-0.3, -0.25) is 4.79 Å². The number of ether oxygens (including phenoxy) is 2. The van der Waals surface area contributed by atoms with Crippen molar-refractivity contribution in [1.82, 2.24) is 10.2 Å². The van der Waals surface area contributed by atoms with E-state index in [2.05, 4.69) is 4.74 Å². The third-order valence-electron chi connectivity index (χ3n) is 2.11. The van der Waals surface area contributed by atoms with E-state index in [0.717, 1.165) is 4.90 Å². The Bertz CT molecular complexity index is 297. The summed E-state index contributed by atoms with van der Waals surface area (Å²) in [6.07, 6.45) is -4.58. The highest BCUT2D eigenvalue weighted by Crippen LogP contribution is 2.12. The molecule has 0 spiro atoms. The van der Waals surface area contributed by atoms with E-state index in [9.17, 15) is 22.8 Å². The molecule has 0 aliphatic carbocycles. The SMILES string of the molecule is COCCN(CCC(=O)OC)C(=O)NCC(F)(F)F. The van der Waals surface area contributed by atoms with Gasteiger partial charge in [0.05, 0.1) is 20.1 Å². The van der Waals surface area contributed by atoms with Crippen molar-refractivity contribution < 1.29 is 32.2 Å². The lowest BCUT2D eigenvalue weighted by Crippen LogP contribution is -2.45. The van der Waals surface area contributed by atoms with Crippen LogP contribution in [0.2, 0.25) is 0 Å². The lowest BCUT2D eigenvalue weighted by atomic mass is 10.4. The highest BCUT2D eigenvalue weighted by atomic mass is 19.4. The summed E-state index contributed by atoms with van der Waals surface area (Å²) < 4.78 is 45.0. The van der Waals surface area contributed by atoms with Crippen LogP contribution in [0.15, 0.2) is 0 Å². The predicted octanol–water partition coefficient (Wildman–Crippen LogP) is 0.770. The van der Waals surface area contributed by atoms with Crippen molar-refractivity contribution in [3.8, 4) is 0 Å². The van der Waals surface area contributed by atoms with Crippen LogP contribution in [0.25, 0.3) is 0 Å². The van der Waals surface area contributed by atoms with E-state index in [4.69, 9.17) is 4.74 Å². The second kappa shape index (κ2) is 8.57. The number of carbonyl (C=O) groups excluding carboxylic acids is 2. The van der Waals surface area contributed by atoms with Crippen LogP contribution in [0.1, 0.15) is 6.42 Å². The molecule has 9 heteroatoms. The summed E-state index contributed by atoms with van der Waals surface area (Å²) in [5.74, 6) is -0.550. The summed E-state index contributed by atoms with van der Waals surface area (Å²) >= 11 is 0. The van der Waals surface area contributed by atoms with Gasteiger partial charge in [-0.15, -0.1) is 0 Å². The minimum Gasteiger partial charge on any atom is -0.469 e. The van der Waals surface area contributed by atoms with Crippen molar-refractivity contribution in [1.29, 1.82) is 0 Å². The monoisotopic (exact) mass is 286 g/mol.